The van der Waals surface area contributed by atoms with E-state index >= 15 is 0 Å². The lowest BCUT2D eigenvalue weighted by atomic mass is 10.1. The van der Waals surface area contributed by atoms with Gasteiger partial charge in [0.05, 0.1) is 50.1 Å². The summed E-state index contributed by atoms with van der Waals surface area (Å²) in [5, 5.41) is 6.62. The summed E-state index contributed by atoms with van der Waals surface area (Å²) in [4.78, 5) is 46.1. The summed E-state index contributed by atoms with van der Waals surface area (Å²) >= 11 is 14.4. The van der Waals surface area contributed by atoms with Crippen molar-refractivity contribution in [1.82, 2.24) is 52.9 Å². The van der Waals surface area contributed by atoms with Gasteiger partial charge in [0, 0.05) is 126 Å². The van der Waals surface area contributed by atoms with Gasteiger partial charge in [0.15, 0.2) is 14.9 Å². The molecule has 330 valence electrons. The predicted molar refractivity (Wildman–Crippen MR) is 254 cm³/mol. The molecule has 0 unspecified atom stereocenters. The van der Waals surface area contributed by atoms with Gasteiger partial charge in [-0.2, -0.15) is 0 Å². The molecule has 0 amide bonds. The van der Waals surface area contributed by atoms with Gasteiger partial charge < -0.3 is 14.2 Å². The highest BCUT2D eigenvalue weighted by Crippen LogP contribution is 2.30. The van der Waals surface area contributed by atoms with Crippen molar-refractivity contribution >= 4 is 82.4 Å². The minimum atomic E-state index is -0.328. The molecule has 0 bridgehead atoms. The molecule has 0 saturated carbocycles. The van der Waals surface area contributed by atoms with Crippen LogP contribution in [-0.2, 0) is 27.3 Å². The zero-order valence-electron chi connectivity index (χ0n) is 35.0. The first-order chi connectivity index (χ1) is 31.3. The van der Waals surface area contributed by atoms with Crippen molar-refractivity contribution in [3.05, 3.63) is 122 Å². The number of fused-ring (bicyclic) bond motifs is 3. The fraction of sp³-hybridized carbons (Fsp3) is 0.295. The van der Waals surface area contributed by atoms with E-state index in [2.05, 4.69) is 76.4 Å². The maximum atomic E-state index is 11.9. The van der Waals surface area contributed by atoms with Crippen molar-refractivity contribution in [2.45, 2.75) is 26.9 Å². The molecule has 64 heavy (non-hydrogen) atoms. The second-order valence-corrected chi connectivity index (χ2v) is 18.3. The molecule has 0 radical (unpaired) electrons. The second kappa shape index (κ2) is 20.5. The van der Waals surface area contributed by atoms with Gasteiger partial charge in [-0.05, 0) is 66.2 Å². The molecular weight excluding hydrogens is 958 g/mol. The molecule has 9 aromatic heterocycles. The Bertz CT molecular complexity index is 2870. The smallest absolute Gasteiger partial charge is 0.356 e. The number of hydrogen-bond acceptors (Lipinski definition) is 15. The van der Waals surface area contributed by atoms with Crippen LogP contribution in [0.2, 0.25) is 5.15 Å². The number of pyridine rings is 3. The third-order valence-electron chi connectivity index (χ3n) is 10.6. The van der Waals surface area contributed by atoms with Gasteiger partial charge in [-0.25, -0.2) is 29.7 Å². The normalized spacial score (nSPS) is 14.7. The van der Waals surface area contributed by atoms with E-state index in [1.807, 2.05) is 55.7 Å². The first-order valence-corrected chi connectivity index (χ1v) is 24.4. The van der Waals surface area contributed by atoms with Crippen LogP contribution in [0.25, 0.3) is 48.7 Å². The highest BCUT2D eigenvalue weighted by molar-refractivity contribution is 9.10. The lowest BCUT2D eigenvalue weighted by Gasteiger charge is -2.26. The Morgan fingerprint density at radius 3 is 1.73 bits per heavy atom. The number of carbonyl (C=O) groups is 1. The molecule has 2 saturated heterocycles. The molecule has 15 nitrogen and oxygen atoms in total. The quantitative estimate of drug-likeness (QED) is 0.101. The minimum Gasteiger partial charge on any atom is -0.461 e. The van der Waals surface area contributed by atoms with Crippen molar-refractivity contribution in [3.63, 3.8) is 0 Å². The third-order valence-corrected chi connectivity index (χ3v) is 14.1. The monoisotopic (exact) mass is 999 g/mol. The van der Waals surface area contributed by atoms with Gasteiger partial charge >= 0.3 is 5.97 Å². The zero-order chi connectivity index (χ0) is 44.0. The number of imidazole rings is 3. The summed E-state index contributed by atoms with van der Waals surface area (Å²) in [6.07, 6.45) is 11.2. The van der Waals surface area contributed by atoms with Crippen molar-refractivity contribution in [3.8, 4) is 33.8 Å². The van der Waals surface area contributed by atoms with Crippen LogP contribution in [0.1, 0.15) is 34.5 Å². The number of ether oxygens (including phenoxy) is 3. The molecule has 20 heteroatoms. The molecule has 2 aliphatic rings. The Kier molecular flexibility index (Phi) is 14.2. The summed E-state index contributed by atoms with van der Waals surface area (Å²) in [6, 6.07) is 11.6. The minimum absolute atomic E-state index is 0.328. The van der Waals surface area contributed by atoms with Gasteiger partial charge in [-0.1, -0.05) is 11.6 Å². The summed E-state index contributed by atoms with van der Waals surface area (Å²) < 4.78 is 22.8. The fourth-order valence-corrected chi connectivity index (χ4v) is 10.5. The average Bonchev–Trinajstić information content (AvgIpc) is 4.18. The summed E-state index contributed by atoms with van der Waals surface area (Å²) in [6.45, 7) is 13.2. The standard InChI is InChI=1S/C15H15BrN4OS.C15H15ClN4OS.C14H13N3O2S/c2*16-14-12(2-1-3-17-14)13-9-20-11(10-22-15(20)18-13)8-19-4-6-21-7-5-19;1-3-19-13(18)12-8-20-14-16-11(7-17(12)14)10-5-4-6-15-9(10)2/h2*1-3,9-10H,4-8H2;4-8H,3H2,1-2H3. The van der Waals surface area contributed by atoms with Crippen LogP contribution in [-0.4, -0.2) is 118 Å². The molecular formula is C44H43BrClN11O4S3. The van der Waals surface area contributed by atoms with E-state index in [1.54, 1.807) is 58.0 Å². The van der Waals surface area contributed by atoms with Crippen LogP contribution < -0.4 is 0 Å². The Morgan fingerprint density at radius 1 is 0.688 bits per heavy atom. The number of esters is 1. The van der Waals surface area contributed by atoms with E-state index in [4.69, 9.17) is 30.8 Å². The topological polar surface area (TPSA) is 142 Å². The number of rotatable bonds is 9. The Labute approximate surface area is 394 Å². The zero-order valence-corrected chi connectivity index (χ0v) is 39.8. The maximum absolute atomic E-state index is 11.9. The number of hydrogen-bond donors (Lipinski definition) is 0. The molecule has 2 aliphatic heterocycles. The Balaban J connectivity index is 0.000000122. The van der Waals surface area contributed by atoms with E-state index in [1.165, 1.54) is 22.7 Å². The molecule has 11 rings (SSSR count). The first-order valence-electron chi connectivity index (χ1n) is 20.6. The van der Waals surface area contributed by atoms with Crippen LogP contribution >= 0.6 is 61.5 Å². The van der Waals surface area contributed by atoms with Gasteiger partial charge in [-0.15, -0.1) is 34.0 Å². The second-order valence-electron chi connectivity index (χ2n) is 14.7. The highest BCUT2D eigenvalue weighted by atomic mass is 79.9. The molecule has 0 aromatic carbocycles. The van der Waals surface area contributed by atoms with E-state index in [0.717, 1.165) is 125 Å². The number of nitrogens with zero attached hydrogens (tertiary/aromatic N) is 11. The highest BCUT2D eigenvalue weighted by Gasteiger charge is 2.19. The molecule has 9 aromatic rings. The lowest BCUT2D eigenvalue weighted by Crippen LogP contribution is -2.35. The Hall–Kier alpha value is -4.96. The molecule has 0 spiro atoms. The number of carbonyl (C=O) groups excluding carboxylic acids is 1. The number of morpholine rings is 2. The molecule has 2 fully saturated rings. The van der Waals surface area contributed by atoms with Crippen molar-refractivity contribution < 1.29 is 19.0 Å². The van der Waals surface area contributed by atoms with Gasteiger partial charge in [0.2, 0.25) is 0 Å². The third kappa shape index (κ3) is 9.97. The lowest BCUT2D eigenvalue weighted by molar-refractivity contribution is 0.0335. The van der Waals surface area contributed by atoms with E-state index in [0.29, 0.717) is 17.5 Å². The number of thiazole rings is 3. The van der Waals surface area contributed by atoms with Gasteiger partial charge in [-0.3, -0.25) is 28.0 Å². The fourth-order valence-electron chi connectivity index (χ4n) is 7.30. The van der Waals surface area contributed by atoms with Crippen molar-refractivity contribution in [2.24, 2.45) is 0 Å². The van der Waals surface area contributed by atoms with Crippen molar-refractivity contribution in [1.29, 1.82) is 0 Å². The summed E-state index contributed by atoms with van der Waals surface area (Å²) in [5.74, 6) is -0.328. The van der Waals surface area contributed by atoms with E-state index < -0.39 is 0 Å². The molecule has 0 N–H and O–H groups in total. The van der Waals surface area contributed by atoms with Crippen LogP contribution in [0, 0.1) is 6.92 Å². The number of halogens is 2. The maximum Gasteiger partial charge on any atom is 0.356 e. The van der Waals surface area contributed by atoms with Gasteiger partial charge in [0.25, 0.3) is 0 Å². The first kappa shape index (κ1) is 44.3. The SMILES string of the molecule is Brc1ncccc1-c1cn2c(CN3CCOCC3)csc2n1.CCOC(=O)c1csc2nc(-c3cccnc3C)cn12.Clc1ncccc1-c1cn2c(CN3CCOCC3)csc2n1. The van der Waals surface area contributed by atoms with Crippen LogP contribution in [0.15, 0.2) is 94.3 Å². The average molecular weight is 1000 g/mol. The van der Waals surface area contributed by atoms with Gasteiger partial charge in [0.1, 0.15) is 15.5 Å². The Morgan fingerprint density at radius 2 is 1.17 bits per heavy atom. The van der Waals surface area contributed by atoms with E-state index in [-0.39, 0.29) is 5.97 Å². The summed E-state index contributed by atoms with van der Waals surface area (Å²) in [7, 11) is 0. The molecule has 0 aliphatic carbocycles. The van der Waals surface area contributed by atoms with Crippen LogP contribution in [0.3, 0.4) is 0 Å². The number of aryl methyl sites for hydroxylation is 1. The van der Waals surface area contributed by atoms with Crippen LogP contribution in [0.4, 0.5) is 0 Å². The molecule has 11 heterocycles. The largest absolute Gasteiger partial charge is 0.461 e. The molecule has 0 atom stereocenters. The van der Waals surface area contributed by atoms with E-state index in [9.17, 15) is 4.79 Å². The van der Waals surface area contributed by atoms with Crippen LogP contribution in [0.5, 0.6) is 0 Å². The van der Waals surface area contributed by atoms with Crippen molar-refractivity contribution in [2.75, 3.05) is 59.2 Å². The predicted octanol–water partition coefficient (Wildman–Crippen LogP) is 8.94. The summed E-state index contributed by atoms with van der Waals surface area (Å²) in [5.41, 5.74) is 9.45. The number of aromatic nitrogens is 9.